The largest absolute Gasteiger partial charge is 0.341 e. The molecule has 0 bridgehead atoms. The Morgan fingerprint density at radius 2 is 2.00 bits per heavy atom. The number of alkyl halides is 2. The number of urea groups is 1. The third-order valence-electron chi connectivity index (χ3n) is 3.84. The summed E-state index contributed by atoms with van der Waals surface area (Å²) in [5.41, 5.74) is -0.794. The zero-order chi connectivity index (χ0) is 11.1. The monoisotopic (exact) mass is 218 g/mol. The molecular weight excluding hydrogens is 202 g/mol. The molecule has 0 atom stereocenters. The van der Waals surface area contributed by atoms with Crippen LogP contribution in [0.3, 0.4) is 0 Å². The molecule has 5 heteroatoms. The molecule has 1 N–H and O–H groups in total. The van der Waals surface area contributed by atoms with E-state index in [1.807, 2.05) is 0 Å². The second-order valence-corrected chi connectivity index (χ2v) is 4.57. The predicted octanol–water partition coefficient (Wildman–Crippen LogP) is 1.84. The first-order chi connectivity index (χ1) is 7.01. The van der Waals surface area contributed by atoms with Crippen LogP contribution in [0.5, 0.6) is 0 Å². The summed E-state index contributed by atoms with van der Waals surface area (Å²) in [6.45, 7) is 0.0297. The normalized spacial score (nSPS) is 27.3. The lowest BCUT2D eigenvalue weighted by molar-refractivity contribution is -0.194. The van der Waals surface area contributed by atoms with Crippen molar-refractivity contribution in [1.29, 1.82) is 0 Å². The number of carbonyl (C=O) groups is 1. The van der Waals surface area contributed by atoms with E-state index in [0.717, 1.165) is 6.42 Å². The lowest BCUT2D eigenvalue weighted by Gasteiger charge is -2.52. The zero-order valence-corrected chi connectivity index (χ0v) is 8.85. The number of hydrogen-bond donors (Lipinski definition) is 1. The summed E-state index contributed by atoms with van der Waals surface area (Å²) in [5.74, 6) is -2.71. The molecule has 0 unspecified atom stereocenters. The fourth-order valence-corrected chi connectivity index (χ4v) is 2.57. The molecule has 2 amide bonds. The van der Waals surface area contributed by atoms with Crippen LogP contribution in [0.15, 0.2) is 0 Å². The quantitative estimate of drug-likeness (QED) is 0.661. The third kappa shape index (κ3) is 1.48. The molecule has 2 aliphatic rings. The second-order valence-electron chi connectivity index (χ2n) is 4.57. The number of hydrogen-bond acceptors (Lipinski definition) is 1. The Morgan fingerprint density at radius 1 is 1.33 bits per heavy atom. The molecule has 2 rings (SSSR count). The number of amides is 2. The minimum Gasteiger partial charge on any atom is -0.341 e. The van der Waals surface area contributed by atoms with Crippen LogP contribution in [0.4, 0.5) is 13.6 Å². The van der Waals surface area contributed by atoms with Crippen LogP contribution < -0.4 is 5.32 Å². The number of carbonyl (C=O) groups excluding carboxylic acids is 1. The Morgan fingerprint density at radius 3 is 2.40 bits per heavy atom. The topological polar surface area (TPSA) is 32.3 Å². The van der Waals surface area contributed by atoms with Gasteiger partial charge in [-0.1, -0.05) is 6.42 Å². The van der Waals surface area contributed by atoms with Gasteiger partial charge in [-0.05, 0) is 19.3 Å². The number of rotatable bonds is 0. The highest BCUT2D eigenvalue weighted by atomic mass is 19.3. The SMILES string of the molecule is CNC(=O)N1CCC2(CCC2)C(F)(F)C1. The molecule has 1 aliphatic heterocycles. The molecule has 2 fully saturated rings. The summed E-state index contributed by atoms with van der Waals surface area (Å²) in [6, 6.07) is -0.399. The fourth-order valence-electron chi connectivity index (χ4n) is 2.57. The van der Waals surface area contributed by atoms with Crippen LogP contribution in [0, 0.1) is 5.41 Å². The van der Waals surface area contributed by atoms with Crippen molar-refractivity contribution in [2.75, 3.05) is 20.1 Å². The van der Waals surface area contributed by atoms with Gasteiger partial charge in [0.2, 0.25) is 0 Å². The van der Waals surface area contributed by atoms with Crippen molar-refractivity contribution in [1.82, 2.24) is 10.2 Å². The van der Waals surface area contributed by atoms with Gasteiger partial charge in [0.25, 0.3) is 5.92 Å². The molecule has 1 spiro atoms. The average Bonchev–Trinajstić information content (AvgIpc) is 2.12. The van der Waals surface area contributed by atoms with Gasteiger partial charge >= 0.3 is 6.03 Å². The van der Waals surface area contributed by atoms with Crippen molar-refractivity contribution in [3.05, 3.63) is 0 Å². The molecule has 1 aliphatic carbocycles. The lowest BCUT2D eigenvalue weighted by atomic mass is 9.61. The van der Waals surface area contributed by atoms with Crippen molar-refractivity contribution in [3.63, 3.8) is 0 Å². The molecule has 1 heterocycles. The maximum absolute atomic E-state index is 13.8. The second kappa shape index (κ2) is 3.32. The summed E-state index contributed by atoms with van der Waals surface area (Å²) < 4.78 is 27.7. The van der Waals surface area contributed by atoms with Gasteiger partial charge in [-0.3, -0.25) is 0 Å². The number of nitrogens with one attached hydrogen (secondary N) is 1. The molecule has 0 aromatic heterocycles. The van der Waals surface area contributed by atoms with Crippen LogP contribution in [-0.2, 0) is 0 Å². The van der Waals surface area contributed by atoms with Crippen LogP contribution in [0.25, 0.3) is 0 Å². The Labute approximate surface area is 87.8 Å². The molecule has 86 valence electrons. The Bertz CT molecular complexity index is 277. The van der Waals surface area contributed by atoms with Crippen molar-refractivity contribution in [2.24, 2.45) is 5.41 Å². The molecule has 0 aromatic rings. The van der Waals surface area contributed by atoms with E-state index in [1.165, 1.54) is 11.9 Å². The van der Waals surface area contributed by atoms with Gasteiger partial charge in [0.15, 0.2) is 0 Å². The van der Waals surface area contributed by atoms with E-state index >= 15 is 0 Å². The summed E-state index contributed by atoms with van der Waals surface area (Å²) in [6.07, 6.45) is 2.56. The molecule has 0 radical (unpaired) electrons. The Hall–Kier alpha value is -0.870. The van der Waals surface area contributed by atoms with Crippen LogP contribution in [-0.4, -0.2) is 37.0 Å². The summed E-state index contributed by atoms with van der Waals surface area (Å²) in [4.78, 5) is 12.5. The maximum Gasteiger partial charge on any atom is 0.317 e. The van der Waals surface area contributed by atoms with E-state index in [9.17, 15) is 13.6 Å². The first kappa shape index (κ1) is 10.6. The van der Waals surface area contributed by atoms with E-state index in [4.69, 9.17) is 0 Å². The van der Waals surface area contributed by atoms with E-state index < -0.39 is 23.9 Å². The Kier molecular flexibility index (Phi) is 2.35. The van der Waals surface area contributed by atoms with Crippen molar-refractivity contribution in [3.8, 4) is 0 Å². The van der Waals surface area contributed by atoms with Crippen molar-refractivity contribution < 1.29 is 13.6 Å². The van der Waals surface area contributed by atoms with Crippen LogP contribution in [0.2, 0.25) is 0 Å². The first-order valence-corrected chi connectivity index (χ1v) is 5.35. The number of halogens is 2. The minimum atomic E-state index is -2.71. The summed E-state index contributed by atoms with van der Waals surface area (Å²) in [7, 11) is 1.47. The highest BCUT2D eigenvalue weighted by Gasteiger charge is 2.59. The van der Waals surface area contributed by atoms with Gasteiger partial charge in [0.1, 0.15) is 0 Å². The lowest BCUT2D eigenvalue weighted by Crippen LogP contribution is -2.60. The van der Waals surface area contributed by atoms with E-state index in [1.54, 1.807) is 0 Å². The van der Waals surface area contributed by atoms with Crippen LogP contribution >= 0.6 is 0 Å². The zero-order valence-electron chi connectivity index (χ0n) is 8.85. The highest BCUT2D eigenvalue weighted by Crippen LogP contribution is 2.56. The molecule has 1 saturated heterocycles. The molecule has 0 aromatic carbocycles. The summed E-state index contributed by atoms with van der Waals surface area (Å²) >= 11 is 0. The van der Waals surface area contributed by atoms with Crippen molar-refractivity contribution >= 4 is 6.03 Å². The molecule has 3 nitrogen and oxygen atoms in total. The highest BCUT2D eigenvalue weighted by molar-refractivity contribution is 5.74. The van der Waals surface area contributed by atoms with E-state index in [2.05, 4.69) is 5.32 Å². The number of likely N-dealkylation sites (tertiary alicyclic amines) is 1. The minimum absolute atomic E-state index is 0.399. The predicted molar refractivity (Wildman–Crippen MR) is 51.9 cm³/mol. The molecular formula is C10H16F2N2O. The van der Waals surface area contributed by atoms with Gasteiger partial charge < -0.3 is 10.2 Å². The standard InChI is InChI=1S/C10H16F2N2O/c1-13-8(15)14-6-5-9(3-2-4-9)10(11,12)7-14/h2-7H2,1H3,(H,13,15). The summed E-state index contributed by atoms with van der Waals surface area (Å²) in [5, 5.41) is 2.39. The van der Waals surface area contributed by atoms with Crippen molar-refractivity contribution in [2.45, 2.75) is 31.6 Å². The van der Waals surface area contributed by atoms with Gasteiger partial charge in [-0.15, -0.1) is 0 Å². The van der Waals surface area contributed by atoms with Gasteiger partial charge in [-0.25, -0.2) is 13.6 Å². The van der Waals surface area contributed by atoms with Gasteiger partial charge in [-0.2, -0.15) is 0 Å². The number of piperidine rings is 1. The smallest absolute Gasteiger partial charge is 0.317 e. The Balaban J connectivity index is 2.07. The van der Waals surface area contributed by atoms with Gasteiger partial charge in [0, 0.05) is 19.0 Å². The maximum atomic E-state index is 13.8. The van der Waals surface area contributed by atoms with Crippen LogP contribution in [0.1, 0.15) is 25.7 Å². The van der Waals surface area contributed by atoms with E-state index in [-0.39, 0.29) is 0 Å². The molecule has 1 saturated carbocycles. The third-order valence-corrected chi connectivity index (χ3v) is 3.84. The van der Waals surface area contributed by atoms with E-state index in [0.29, 0.717) is 25.8 Å². The number of nitrogens with zero attached hydrogens (tertiary/aromatic N) is 1. The van der Waals surface area contributed by atoms with Gasteiger partial charge in [0.05, 0.1) is 6.54 Å². The average molecular weight is 218 g/mol. The first-order valence-electron chi connectivity index (χ1n) is 5.35. The molecule has 15 heavy (non-hydrogen) atoms. The fraction of sp³-hybridized carbons (Fsp3) is 0.900.